The maximum Gasteiger partial charge on any atom is 0.256 e. The lowest BCUT2D eigenvalue weighted by Gasteiger charge is -2.10. The minimum Gasteiger partial charge on any atom is -0.393 e. The fraction of sp³-hybridized carbons (Fsp3) is 0.500. The molecule has 0 aromatic carbocycles. The number of H-pyrrole nitrogens is 1. The smallest absolute Gasteiger partial charge is 0.256 e. The summed E-state index contributed by atoms with van der Waals surface area (Å²) in [6.07, 6.45) is 5.11. The van der Waals surface area contributed by atoms with Crippen LogP contribution in [0.5, 0.6) is 0 Å². The number of aromatic amines is 1. The van der Waals surface area contributed by atoms with Crippen LogP contribution < -0.4 is 10.7 Å². The zero-order chi connectivity index (χ0) is 12.3. The maximum atomic E-state index is 11.7. The van der Waals surface area contributed by atoms with Crippen LogP contribution in [-0.2, 0) is 0 Å². The van der Waals surface area contributed by atoms with Crippen LogP contribution in [0.15, 0.2) is 23.3 Å². The van der Waals surface area contributed by atoms with Crippen LogP contribution in [0, 0.1) is 5.92 Å². The maximum absolute atomic E-state index is 11.7. The third-order valence-electron chi connectivity index (χ3n) is 3.13. The van der Waals surface area contributed by atoms with Crippen LogP contribution in [0.1, 0.15) is 29.6 Å². The van der Waals surface area contributed by atoms with E-state index >= 15 is 0 Å². The van der Waals surface area contributed by atoms with Gasteiger partial charge >= 0.3 is 0 Å². The number of carbonyl (C=O) groups excluding carboxylic acids is 1. The Hall–Kier alpha value is -1.62. The first-order chi connectivity index (χ1) is 8.16. The highest BCUT2D eigenvalue weighted by molar-refractivity contribution is 5.93. The minimum atomic E-state index is -0.353. The second-order valence-electron chi connectivity index (χ2n) is 4.47. The monoisotopic (exact) mass is 236 g/mol. The van der Waals surface area contributed by atoms with Crippen molar-refractivity contribution in [1.82, 2.24) is 10.3 Å². The van der Waals surface area contributed by atoms with Crippen LogP contribution in [0.2, 0.25) is 0 Å². The van der Waals surface area contributed by atoms with Crippen LogP contribution in [-0.4, -0.2) is 28.6 Å². The van der Waals surface area contributed by atoms with Crippen molar-refractivity contribution in [2.24, 2.45) is 5.92 Å². The Morgan fingerprint density at radius 3 is 3.00 bits per heavy atom. The molecule has 1 saturated carbocycles. The Balaban J connectivity index is 1.90. The highest BCUT2D eigenvalue weighted by Gasteiger charge is 2.23. The topological polar surface area (TPSA) is 82.2 Å². The highest BCUT2D eigenvalue weighted by atomic mass is 16.3. The molecule has 0 bridgehead atoms. The molecule has 5 nitrogen and oxygen atoms in total. The molecule has 2 rings (SSSR count). The molecule has 0 spiro atoms. The number of aliphatic hydroxyl groups excluding tert-OH is 1. The van der Waals surface area contributed by atoms with Gasteiger partial charge in [0.25, 0.3) is 5.91 Å². The van der Waals surface area contributed by atoms with Gasteiger partial charge in [-0.3, -0.25) is 9.59 Å². The summed E-state index contributed by atoms with van der Waals surface area (Å²) in [5.74, 6) is -0.0371. The first-order valence-corrected chi connectivity index (χ1v) is 5.80. The molecule has 1 aliphatic carbocycles. The third-order valence-corrected chi connectivity index (χ3v) is 3.13. The Morgan fingerprint density at radius 2 is 2.35 bits per heavy atom. The number of pyridine rings is 1. The molecule has 1 aliphatic rings. The molecule has 2 atom stereocenters. The van der Waals surface area contributed by atoms with Gasteiger partial charge in [-0.1, -0.05) is 0 Å². The average Bonchev–Trinajstić information content (AvgIpc) is 2.73. The van der Waals surface area contributed by atoms with Crippen molar-refractivity contribution in [3.63, 3.8) is 0 Å². The van der Waals surface area contributed by atoms with Gasteiger partial charge in [0.2, 0.25) is 0 Å². The lowest BCUT2D eigenvalue weighted by molar-refractivity contribution is 0.0943. The predicted molar refractivity (Wildman–Crippen MR) is 62.7 cm³/mol. The Labute approximate surface area is 98.9 Å². The van der Waals surface area contributed by atoms with Gasteiger partial charge < -0.3 is 15.4 Å². The molecule has 2 unspecified atom stereocenters. The number of rotatable bonds is 3. The molecule has 0 saturated heterocycles. The van der Waals surface area contributed by atoms with E-state index in [4.69, 9.17) is 0 Å². The summed E-state index contributed by atoms with van der Waals surface area (Å²) in [6, 6.07) is 1.33. The number of hydrogen-bond acceptors (Lipinski definition) is 3. The largest absolute Gasteiger partial charge is 0.393 e. The summed E-state index contributed by atoms with van der Waals surface area (Å²) in [6.45, 7) is 0.518. The van der Waals surface area contributed by atoms with Crippen LogP contribution in [0.4, 0.5) is 0 Å². The predicted octanol–water partition coefficient (Wildman–Crippen LogP) is 0.266. The fourth-order valence-corrected chi connectivity index (χ4v) is 2.16. The Bertz CT molecular complexity index is 455. The summed E-state index contributed by atoms with van der Waals surface area (Å²) < 4.78 is 0. The van der Waals surface area contributed by atoms with Gasteiger partial charge in [0.15, 0.2) is 5.43 Å². The van der Waals surface area contributed by atoms with Gasteiger partial charge in [0.1, 0.15) is 5.56 Å². The van der Waals surface area contributed by atoms with E-state index in [0.717, 1.165) is 19.3 Å². The number of amides is 1. The summed E-state index contributed by atoms with van der Waals surface area (Å²) in [7, 11) is 0. The summed E-state index contributed by atoms with van der Waals surface area (Å²) in [4.78, 5) is 25.8. The molecule has 1 heterocycles. The van der Waals surface area contributed by atoms with Gasteiger partial charge in [0, 0.05) is 25.0 Å². The summed E-state index contributed by atoms with van der Waals surface area (Å²) >= 11 is 0. The van der Waals surface area contributed by atoms with E-state index in [-0.39, 0.29) is 23.0 Å². The van der Waals surface area contributed by atoms with Crippen molar-refractivity contribution in [2.45, 2.75) is 25.4 Å². The molecule has 1 fully saturated rings. The van der Waals surface area contributed by atoms with Gasteiger partial charge in [-0.05, 0) is 25.2 Å². The van der Waals surface area contributed by atoms with Crippen molar-refractivity contribution < 1.29 is 9.90 Å². The molecule has 1 aromatic heterocycles. The van der Waals surface area contributed by atoms with E-state index in [1.807, 2.05) is 0 Å². The minimum absolute atomic E-state index is 0.131. The zero-order valence-corrected chi connectivity index (χ0v) is 9.48. The normalized spacial score (nSPS) is 23.6. The van der Waals surface area contributed by atoms with Gasteiger partial charge in [0.05, 0.1) is 6.10 Å². The summed E-state index contributed by atoms with van der Waals surface area (Å²) in [5, 5.41) is 12.1. The Kier molecular flexibility index (Phi) is 3.58. The average molecular weight is 236 g/mol. The molecule has 0 radical (unpaired) electrons. The van der Waals surface area contributed by atoms with Gasteiger partial charge in [-0.2, -0.15) is 0 Å². The van der Waals surface area contributed by atoms with Crippen molar-refractivity contribution >= 4 is 5.91 Å². The van der Waals surface area contributed by atoms with Crippen molar-refractivity contribution in [3.8, 4) is 0 Å². The molecule has 1 aromatic rings. The molecule has 3 N–H and O–H groups in total. The lowest BCUT2D eigenvalue weighted by Crippen LogP contribution is -2.32. The fourth-order valence-electron chi connectivity index (χ4n) is 2.16. The van der Waals surface area contributed by atoms with Crippen LogP contribution in [0.3, 0.4) is 0 Å². The van der Waals surface area contributed by atoms with E-state index in [2.05, 4.69) is 10.3 Å². The van der Waals surface area contributed by atoms with Crippen molar-refractivity contribution in [1.29, 1.82) is 0 Å². The Morgan fingerprint density at radius 1 is 1.53 bits per heavy atom. The lowest BCUT2D eigenvalue weighted by atomic mass is 10.1. The number of carbonyl (C=O) groups is 1. The second kappa shape index (κ2) is 5.14. The standard InChI is InChI=1S/C12H16N2O3/c15-9-2-1-8(5-9)6-14-12(17)10-7-13-4-3-11(10)16/h3-4,7-9,15H,1-2,5-6H2,(H,13,16)(H,14,17). The van der Waals surface area contributed by atoms with E-state index in [1.165, 1.54) is 18.5 Å². The van der Waals surface area contributed by atoms with E-state index in [0.29, 0.717) is 12.5 Å². The highest BCUT2D eigenvalue weighted by Crippen LogP contribution is 2.24. The van der Waals surface area contributed by atoms with E-state index in [9.17, 15) is 14.7 Å². The first-order valence-electron chi connectivity index (χ1n) is 5.80. The van der Waals surface area contributed by atoms with E-state index < -0.39 is 0 Å². The second-order valence-corrected chi connectivity index (χ2v) is 4.47. The van der Waals surface area contributed by atoms with E-state index in [1.54, 1.807) is 0 Å². The quantitative estimate of drug-likeness (QED) is 0.704. The van der Waals surface area contributed by atoms with Gasteiger partial charge in [-0.15, -0.1) is 0 Å². The van der Waals surface area contributed by atoms with Crippen molar-refractivity contribution in [3.05, 3.63) is 34.2 Å². The molecular weight excluding hydrogens is 220 g/mol. The molecular formula is C12H16N2O3. The zero-order valence-electron chi connectivity index (χ0n) is 9.48. The number of hydrogen-bond donors (Lipinski definition) is 3. The number of aromatic nitrogens is 1. The molecule has 1 amide bonds. The van der Waals surface area contributed by atoms with Crippen molar-refractivity contribution in [2.75, 3.05) is 6.54 Å². The molecule has 92 valence electrons. The first kappa shape index (κ1) is 11.9. The summed E-state index contributed by atoms with van der Waals surface area (Å²) in [5.41, 5.74) is -0.154. The third kappa shape index (κ3) is 2.94. The number of aliphatic hydroxyl groups is 1. The van der Waals surface area contributed by atoms with Crippen LogP contribution in [0.25, 0.3) is 0 Å². The van der Waals surface area contributed by atoms with Crippen LogP contribution >= 0.6 is 0 Å². The molecule has 0 aliphatic heterocycles. The molecule has 17 heavy (non-hydrogen) atoms. The SMILES string of the molecule is O=C(NCC1CCC(O)C1)c1c[nH]ccc1=O. The van der Waals surface area contributed by atoms with Gasteiger partial charge in [-0.25, -0.2) is 0 Å². The number of nitrogens with one attached hydrogen (secondary N) is 2. The molecule has 5 heteroatoms.